The van der Waals surface area contributed by atoms with Gasteiger partial charge in [-0.25, -0.2) is 13.6 Å². The van der Waals surface area contributed by atoms with Crippen molar-refractivity contribution in [1.82, 2.24) is 5.32 Å². The van der Waals surface area contributed by atoms with Gasteiger partial charge in [0.1, 0.15) is 11.6 Å². The van der Waals surface area contributed by atoms with Crippen LogP contribution < -0.4 is 5.32 Å². The Morgan fingerprint density at radius 3 is 2.39 bits per heavy atom. The zero-order valence-corrected chi connectivity index (χ0v) is 9.35. The Hall–Kier alpha value is -2.02. The number of carbonyl (C=O) groups excluding carboxylic acids is 1. The Kier molecular flexibility index (Phi) is 4.33. The molecule has 5 nitrogen and oxygen atoms in total. The highest BCUT2D eigenvalue weighted by Crippen LogP contribution is 2.10. The molecule has 0 bridgehead atoms. The first-order valence-electron chi connectivity index (χ1n) is 4.99. The number of nitrogens with one attached hydrogen (secondary N) is 1. The largest absolute Gasteiger partial charge is 0.480 e. The molecule has 0 radical (unpaired) electrons. The maximum Gasteiger partial charge on any atom is 0.328 e. The van der Waals surface area contributed by atoms with E-state index in [1.165, 1.54) is 6.92 Å². The second-order valence-corrected chi connectivity index (χ2v) is 3.65. The van der Waals surface area contributed by atoms with Gasteiger partial charge in [0, 0.05) is 6.07 Å². The fraction of sp³-hybridized carbons (Fsp3) is 0.273. The summed E-state index contributed by atoms with van der Waals surface area (Å²) in [6.07, 6.45) is -1.35. The molecule has 1 amide bonds. The zero-order valence-electron chi connectivity index (χ0n) is 9.35. The van der Waals surface area contributed by atoms with Crippen LogP contribution >= 0.6 is 0 Å². The number of hydrogen-bond donors (Lipinski definition) is 3. The van der Waals surface area contributed by atoms with Crippen LogP contribution in [-0.4, -0.2) is 34.2 Å². The van der Waals surface area contributed by atoms with Crippen molar-refractivity contribution in [3.63, 3.8) is 0 Å². The minimum atomic E-state index is -1.57. The molecular weight excluding hydrogens is 248 g/mol. The highest BCUT2D eigenvalue weighted by Gasteiger charge is 2.26. The summed E-state index contributed by atoms with van der Waals surface area (Å²) in [7, 11) is 0. The van der Waals surface area contributed by atoms with E-state index in [0.717, 1.165) is 12.1 Å². The van der Waals surface area contributed by atoms with Crippen LogP contribution in [0, 0.1) is 11.6 Å². The van der Waals surface area contributed by atoms with Gasteiger partial charge in [-0.1, -0.05) is 0 Å². The van der Waals surface area contributed by atoms with Crippen molar-refractivity contribution in [2.24, 2.45) is 0 Å². The van der Waals surface area contributed by atoms with E-state index in [4.69, 9.17) is 10.2 Å². The van der Waals surface area contributed by atoms with Gasteiger partial charge in [-0.15, -0.1) is 0 Å². The standard InChI is InChI=1S/C11H11F2NO4/c1-5(15)9(11(17)18)14-10(16)7-3-2-6(12)4-8(7)13/h2-5,9,15H,1H3,(H,14,16)(H,17,18)/t5-,9+/m1/s1. The van der Waals surface area contributed by atoms with Gasteiger partial charge in [0.25, 0.3) is 5.91 Å². The molecule has 0 unspecified atom stereocenters. The molecule has 0 aliphatic carbocycles. The number of halogens is 2. The summed E-state index contributed by atoms with van der Waals surface area (Å²) in [6.45, 7) is 1.17. The van der Waals surface area contributed by atoms with Crippen LogP contribution in [0.4, 0.5) is 8.78 Å². The van der Waals surface area contributed by atoms with Crippen molar-refractivity contribution >= 4 is 11.9 Å². The van der Waals surface area contributed by atoms with Crippen LogP contribution in [-0.2, 0) is 4.79 Å². The third-order valence-corrected chi connectivity index (χ3v) is 2.21. The Balaban J connectivity index is 2.91. The normalized spacial score (nSPS) is 13.8. The fourth-order valence-corrected chi connectivity index (χ4v) is 1.28. The lowest BCUT2D eigenvalue weighted by atomic mass is 10.1. The van der Waals surface area contributed by atoms with Crippen molar-refractivity contribution in [3.05, 3.63) is 35.4 Å². The first-order valence-corrected chi connectivity index (χ1v) is 4.99. The highest BCUT2D eigenvalue weighted by atomic mass is 19.1. The monoisotopic (exact) mass is 259 g/mol. The molecule has 0 spiro atoms. The summed E-state index contributed by atoms with van der Waals surface area (Å²) >= 11 is 0. The second kappa shape index (κ2) is 5.54. The van der Waals surface area contributed by atoms with E-state index in [2.05, 4.69) is 0 Å². The molecule has 0 saturated carbocycles. The number of carboxylic acids is 1. The van der Waals surface area contributed by atoms with Crippen molar-refractivity contribution in [2.45, 2.75) is 19.1 Å². The SMILES string of the molecule is C[C@@H](O)[C@H](NC(=O)c1ccc(F)cc1F)C(=O)O. The molecule has 0 heterocycles. The Morgan fingerprint density at radius 1 is 1.33 bits per heavy atom. The average molecular weight is 259 g/mol. The molecule has 98 valence electrons. The number of aliphatic hydroxyl groups excluding tert-OH is 1. The first-order chi connectivity index (χ1) is 8.32. The highest BCUT2D eigenvalue weighted by molar-refractivity contribution is 5.96. The predicted octanol–water partition coefficient (Wildman–Crippen LogP) is 0.529. The molecular formula is C11H11F2NO4. The van der Waals surface area contributed by atoms with Crippen LogP contribution in [0.3, 0.4) is 0 Å². The minimum absolute atomic E-state index is 0.497. The summed E-state index contributed by atoms with van der Waals surface area (Å²) < 4.78 is 25.9. The van der Waals surface area contributed by atoms with Gasteiger partial charge >= 0.3 is 5.97 Å². The van der Waals surface area contributed by atoms with Gasteiger partial charge in [-0.2, -0.15) is 0 Å². The molecule has 1 aromatic rings. The number of benzene rings is 1. The van der Waals surface area contributed by atoms with E-state index in [-0.39, 0.29) is 0 Å². The molecule has 3 N–H and O–H groups in total. The lowest BCUT2D eigenvalue weighted by Gasteiger charge is -2.17. The molecule has 0 aliphatic heterocycles. The van der Waals surface area contributed by atoms with Gasteiger partial charge in [-0.05, 0) is 19.1 Å². The summed E-state index contributed by atoms with van der Waals surface area (Å²) in [5.74, 6) is -4.46. The van der Waals surface area contributed by atoms with E-state index < -0.39 is 41.2 Å². The summed E-state index contributed by atoms with van der Waals surface area (Å²) in [4.78, 5) is 22.3. The molecule has 1 rings (SSSR count). The van der Waals surface area contributed by atoms with Gasteiger partial charge < -0.3 is 15.5 Å². The van der Waals surface area contributed by atoms with Crippen LogP contribution in [0.25, 0.3) is 0 Å². The molecule has 0 aliphatic rings. The first kappa shape index (κ1) is 14.0. The number of hydrogen-bond acceptors (Lipinski definition) is 3. The van der Waals surface area contributed by atoms with E-state index >= 15 is 0 Å². The van der Waals surface area contributed by atoms with Crippen LogP contribution in [0.1, 0.15) is 17.3 Å². The number of carbonyl (C=O) groups is 2. The Bertz CT molecular complexity index is 476. The number of aliphatic carboxylic acids is 1. The predicted molar refractivity (Wildman–Crippen MR) is 56.9 cm³/mol. The van der Waals surface area contributed by atoms with E-state index in [9.17, 15) is 18.4 Å². The number of amides is 1. The Labute approximate surface area is 101 Å². The fourth-order valence-electron chi connectivity index (χ4n) is 1.28. The van der Waals surface area contributed by atoms with Crippen molar-refractivity contribution in [3.8, 4) is 0 Å². The summed E-state index contributed by atoms with van der Waals surface area (Å²) in [5.41, 5.74) is -0.497. The molecule has 1 aromatic carbocycles. The lowest BCUT2D eigenvalue weighted by Crippen LogP contribution is -2.47. The third-order valence-electron chi connectivity index (χ3n) is 2.21. The summed E-state index contributed by atoms with van der Waals surface area (Å²) in [6, 6.07) is 0.700. The van der Waals surface area contributed by atoms with E-state index in [0.29, 0.717) is 6.07 Å². The van der Waals surface area contributed by atoms with Crippen LogP contribution in [0.15, 0.2) is 18.2 Å². The number of rotatable bonds is 4. The number of carboxylic acid groups (broad SMARTS) is 1. The molecule has 7 heteroatoms. The zero-order chi connectivity index (χ0) is 13.9. The molecule has 18 heavy (non-hydrogen) atoms. The number of aliphatic hydroxyl groups is 1. The van der Waals surface area contributed by atoms with Gasteiger partial charge in [0.05, 0.1) is 11.7 Å². The summed E-state index contributed by atoms with van der Waals surface area (Å²) in [5, 5.41) is 19.8. The van der Waals surface area contributed by atoms with Crippen molar-refractivity contribution in [2.75, 3.05) is 0 Å². The van der Waals surface area contributed by atoms with Crippen molar-refractivity contribution < 1.29 is 28.6 Å². The lowest BCUT2D eigenvalue weighted by molar-refractivity contribution is -0.141. The topological polar surface area (TPSA) is 86.6 Å². The molecule has 0 saturated heterocycles. The van der Waals surface area contributed by atoms with E-state index in [1.54, 1.807) is 0 Å². The molecule has 2 atom stereocenters. The minimum Gasteiger partial charge on any atom is -0.480 e. The van der Waals surface area contributed by atoms with Gasteiger partial charge in [0.2, 0.25) is 0 Å². The second-order valence-electron chi connectivity index (χ2n) is 3.65. The smallest absolute Gasteiger partial charge is 0.328 e. The quantitative estimate of drug-likeness (QED) is 0.736. The maximum absolute atomic E-state index is 13.2. The van der Waals surface area contributed by atoms with Crippen LogP contribution in [0.2, 0.25) is 0 Å². The average Bonchev–Trinajstić information content (AvgIpc) is 2.24. The van der Waals surface area contributed by atoms with Crippen LogP contribution in [0.5, 0.6) is 0 Å². The van der Waals surface area contributed by atoms with Crippen molar-refractivity contribution in [1.29, 1.82) is 0 Å². The Morgan fingerprint density at radius 2 is 1.94 bits per heavy atom. The molecule has 0 aromatic heterocycles. The molecule has 0 fully saturated rings. The van der Waals surface area contributed by atoms with E-state index in [1.807, 2.05) is 5.32 Å². The third kappa shape index (κ3) is 3.24. The van der Waals surface area contributed by atoms with Gasteiger partial charge in [-0.3, -0.25) is 4.79 Å². The van der Waals surface area contributed by atoms with Gasteiger partial charge in [0.15, 0.2) is 6.04 Å². The maximum atomic E-state index is 13.2.